The van der Waals surface area contributed by atoms with Crippen LogP contribution in [-0.2, 0) is 11.5 Å². The zero-order chi connectivity index (χ0) is 14.9. The highest BCUT2D eigenvalue weighted by molar-refractivity contribution is 5.78. The van der Waals surface area contributed by atoms with E-state index in [1.165, 1.54) is 5.56 Å². The van der Waals surface area contributed by atoms with Gasteiger partial charge in [-0.2, -0.15) is 0 Å². The summed E-state index contributed by atoms with van der Waals surface area (Å²) in [5.74, 6) is 1.26. The van der Waals surface area contributed by atoms with E-state index in [0.29, 0.717) is 12.0 Å². The van der Waals surface area contributed by atoms with E-state index in [9.17, 15) is 5.11 Å². The number of aliphatic hydroxyl groups excluding tert-OH is 1. The number of hydrogen-bond donors (Lipinski definition) is 3. The molecule has 2 fully saturated rings. The van der Waals surface area contributed by atoms with Gasteiger partial charge in [0.1, 0.15) is 18.1 Å². The fourth-order valence-corrected chi connectivity index (χ4v) is 3.21. The van der Waals surface area contributed by atoms with Gasteiger partial charge >= 0.3 is 0 Å². The number of anilines is 1. The molecule has 7 heteroatoms. The summed E-state index contributed by atoms with van der Waals surface area (Å²) < 4.78 is 6.95. The van der Waals surface area contributed by atoms with Crippen LogP contribution in [-0.4, -0.2) is 52.0 Å². The number of hydrogen-bond acceptors (Lipinski definition) is 6. The summed E-state index contributed by atoms with van der Waals surface area (Å²) in [6.45, 7) is 3.43. The third-order valence-corrected chi connectivity index (χ3v) is 4.52. The SMILES string of the molecule is OCn1cc(C2CCNCC2)c2nc(NC3COC3)cnc21. The molecule has 4 rings (SSSR count). The first kappa shape index (κ1) is 13.9. The Bertz CT molecular complexity index is 661. The zero-order valence-electron chi connectivity index (χ0n) is 12.5. The highest BCUT2D eigenvalue weighted by Crippen LogP contribution is 2.31. The molecule has 7 nitrogen and oxygen atoms in total. The van der Waals surface area contributed by atoms with Crippen molar-refractivity contribution in [1.29, 1.82) is 0 Å². The van der Waals surface area contributed by atoms with E-state index in [-0.39, 0.29) is 6.73 Å². The summed E-state index contributed by atoms with van der Waals surface area (Å²) in [5.41, 5.74) is 2.86. The predicted molar refractivity (Wildman–Crippen MR) is 82.8 cm³/mol. The second-order valence-electron chi connectivity index (χ2n) is 6.03. The van der Waals surface area contributed by atoms with Crippen molar-refractivity contribution in [3.05, 3.63) is 18.0 Å². The van der Waals surface area contributed by atoms with Crippen LogP contribution in [0.2, 0.25) is 0 Å². The van der Waals surface area contributed by atoms with E-state index < -0.39 is 0 Å². The Morgan fingerprint density at radius 2 is 2.18 bits per heavy atom. The van der Waals surface area contributed by atoms with E-state index in [1.54, 1.807) is 10.8 Å². The van der Waals surface area contributed by atoms with Crippen LogP contribution < -0.4 is 10.6 Å². The largest absolute Gasteiger partial charge is 0.377 e. The fourth-order valence-electron chi connectivity index (χ4n) is 3.21. The molecule has 0 amide bonds. The lowest BCUT2D eigenvalue weighted by atomic mass is 9.91. The van der Waals surface area contributed by atoms with Gasteiger partial charge in [-0.25, -0.2) is 9.97 Å². The maximum atomic E-state index is 9.56. The molecule has 22 heavy (non-hydrogen) atoms. The molecule has 2 aromatic rings. The van der Waals surface area contributed by atoms with Gasteiger partial charge in [-0.3, -0.25) is 0 Å². The smallest absolute Gasteiger partial charge is 0.161 e. The average Bonchev–Trinajstić information content (AvgIpc) is 2.90. The maximum Gasteiger partial charge on any atom is 0.161 e. The average molecular weight is 303 g/mol. The summed E-state index contributed by atoms with van der Waals surface area (Å²) in [4.78, 5) is 9.26. The highest BCUT2D eigenvalue weighted by atomic mass is 16.5. The fraction of sp³-hybridized carbons (Fsp3) is 0.600. The van der Waals surface area contributed by atoms with Gasteiger partial charge in [0.05, 0.1) is 25.5 Å². The second kappa shape index (κ2) is 5.83. The minimum atomic E-state index is -0.0700. The van der Waals surface area contributed by atoms with E-state index in [1.807, 2.05) is 6.20 Å². The standard InChI is InChI=1S/C15H21N5O2/c21-9-20-6-12(10-1-3-16-4-2-10)14-15(20)17-5-13(19-14)18-11-7-22-8-11/h5-6,10-11,16,21H,1-4,7-9H2,(H,18,19). The molecule has 3 N–H and O–H groups in total. The highest BCUT2D eigenvalue weighted by Gasteiger charge is 2.23. The van der Waals surface area contributed by atoms with Crippen molar-refractivity contribution in [2.75, 3.05) is 31.6 Å². The number of rotatable bonds is 4. The number of aliphatic hydroxyl groups is 1. The first-order valence-electron chi connectivity index (χ1n) is 7.87. The predicted octanol–water partition coefficient (Wildman–Crippen LogP) is 0.659. The van der Waals surface area contributed by atoms with Gasteiger partial charge in [-0.15, -0.1) is 0 Å². The summed E-state index contributed by atoms with van der Waals surface area (Å²) >= 11 is 0. The number of aromatic nitrogens is 3. The lowest BCUT2D eigenvalue weighted by molar-refractivity contribution is 0.0209. The minimum Gasteiger partial charge on any atom is -0.377 e. The molecule has 2 aliphatic heterocycles. The Balaban J connectivity index is 1.71. The number of ether oxygens (including phenoxy) is 1. The number of nitrogens with one attached hydrogen (secondary N) is 2. The second-order valence-corrected chi connectivity index (χ2v) is 6.03. The third kappa shape index (κ3) is 2.45. The minimum absolute atomic E-state index is 0.0700. The molecular formula is C15H21N5O2. The summed E-state index contributed by atoms with van der Waals surface area (Å²) in [6, 6.07) is 0.328. The van der Waals surface area contributed by atoms with Crippen molar-refractivity contribution in [3.8, 4) is 0 Å². The maximum absolute atomic E-state index is 9.56. The monoisotopic (exact) mass is 303 g/mol. The number of piperidine rings is 1. The molecule has 0 aromatic carbocycles. The number of nitrogens with zero attached hydrogens (tertiary/aromatic N) is 3. The first-order chi connectivity index (χ1) is 10.8. The third-order valence-electron chi connectivity index (χ3n) is 4.52. The van der Waals surface area contributed by atoms with Crippen LogP contribution >= 0.6 is 0 Å². The van der Waals surface area contributed by atoms with Crippen LogP contribution in [0.4, 0.5) is 5.82 Å². The van der Waals surface area contributed by atoms with Crippen molar-refractivity contribution in [3.63, 3.8) is 0 Å². The Morgan fingerprint density at radius 1 is 1.36 bits per heavy atom. The Kier molecular flexibility index (Phi) is 3.69. The molecule has 2 saturated heterocycles. The zero-order valence-corrected chi connectivity index (χ0v) is 12.5. The molecule has 0 aliphatic carbocycles. The molecule has 0 unspecified atom stereocenters. The van der Waals surface area contributed by atoms with Gasteiger partial charge in [0.2, 0.25) is 0 Å². The van der Waals surface area contributed by atoms with Crippen LogP contribution in [0.3, 0.4) is 0 Å². The quantitative estimate of drug-likeness (QED) is 0.769. The Labute approximate surface area is 128 Å². The van der Waals surface area contributed by atoms with E-state index >= 15 is 0 Å². The van der Waals surface area contributed by atoms with Crippen molar-refractivity contribution >= 4 is 17.0 Å². The molecule has 0 spiro atoms. The molecule has 0 bridgehead atoms. The molecule has 2 aromatic heterocycles. The van der Waals surface area contributed by atoms with E-state index in [2.05, 4.69) is 15.6 Å². The summed E-state index contributed by atoms with van der Waals surface area (Å²) in [6.07, 6.45) is 5.94. The van der Waals surface area contributed by atoms with Crippen molar-refractivity contribution in [1.82, 2.24) is 19.9 Å². The lowest BCUT2D eigenvalue weighted by Crippen LogP contribution is -2.40. The molecule has 2 aliphatic rings. The number of fused-ring (bicyclic) bond motifs is 1. The van der Waals surface area contributed by atoms with Gasteiger partial charge in [0.15, 0.2) is 5.65 Å². The normalized spacial score (nSPS) is 20.2. The van der Waals surface area contributed by atoms with Gasteiger partial charge in [0, 0.05) is 11.8 Å². The van der Waals surface area contributed by atoms with Gasteiger partial charge in [-0.1, -0.05) is 0 Å². The molecule has 118 valence electrons. The van der Waals surface area contributed by atoms with E-state index in [0.717, 1.165) is 56.1 Å². The molecular weight excluding hydrogens is 282 g/mol. The van der Waals surface area contributed by atoms with E-state index in [4.69, 9.17) is 9.72 Å². The summed E-state index contributed by atoms with van der Waals surface area (Å²) in [5, 5.41) is 16.3. The lowest BCUT2D eigenvalue weighted by Gasteiger charge is -2.27. The molecule has 4 heterocycles. The Hall–Kier alpha value is -1.70. The van der Waals surface area contributed by atoms with Crippen LogP contribution in [0.25, 0.3) is 11.2 Å². The summed E-state index contributed by atoms with van der Waals surface area (Å²) in [7, 11) is 0. The van der Waals surface area contributed by atoms with Crippen molar-refractivity contribution < 1.29 is 9.84 Å². The van der Waals surface area contributed by atoms with Crippen LogP contribution in [0.1, 0.15) is 24.3 Å². The molecule has 0 saturated carbocycles. The van der Waals surface area contributed by atoms with Crippen molar-refractivity contribution in [2.24, 2.45) is 0 Å². The van der Waals surface area contributed by atoms with Gasteiger partial charge < -0.3 is 25.0 Å². The van der Waals surface area contributed by atoms with Gasteiger partial charge in [0.25, 0.3) is 0 Å². The molecule has 0 radical (unpaired) electrons. The van der Waals surface area contributed by atoms with Crippen molar-refractivity contribution in [2.45, 2.75) is 31.5 Å². The van der Waals surface area contributed by atoms with Gasteiger partial charge in [-0.05, 0) is 31.8 Å². The van der Waals surface area contributed by atoms with Crippen LogP contribution in [0.15, 0.2) is 12.4 Å². The molecule has 0 atom stereocenters. The Morgan fingerprint density at radius 3 is 2.86 bits per heavy atom. The van der Waals surface area contributed by atoms with Crippen LogP contribution in [0.5, 0.6) is 0 Å². The topological polar surface area (TPSA) is 84.2 Å². The van der Waals surface area contributed by atoms with Crippen LogP contribution in [0, 0.1) is 0 Å². The first-order valence-corrected chi connectivity index (χ1v) is 7.87.